The number of benzene rings is 1. The highest BCUT2D eigenvalue weighted by molar-refractivity contribution is 7.71. The van der Waals surface area contributed by atoms with Gasteiger partial charge in [0.05, 0.1) is 0 Å². The van der Waals surface area contributed by atoms with Crippen molar-refractivity contribution in [2.45, 2.75) is 6.61 Å². The molecule has 2 aromatic heterocycles. The second kappa shape index (κ2) is 11.7. The molecule has 0 bridgehead atoms. The Morgan fingerprint density at radius 3 is 2.60 bits per heavy atom. The lowest BCUT2D eigenvalue weighted by Crippen LogP contribution is -2.19. The average molecular weight is 444 g/mol. The van der Waals surface area contributed by atoms with E-state index in [0.717, 1.165) is 10.6 Å². The van der Waals surface area contributed by atoms with Gasteiger partial charge in [-0.05, 0) is 29.8 Å². The summed E-state index contributed by atoms with van der Waals surface area (Å²) in [6, 6.07) is 12.9. The molecule has 0 fully saturated rings. The second-order valence-electron chi connectivity index (χ2n) is 5.81. The lowest BCUT2D eigenvalue weighted by molar-refractivity contribution is 0.0958. The van der Waals surface area contributed by atoms with Crippen molar-refractivity contribution in [3.05, 3.63) is 81.6 Å². The molecule has 0 aliphatic carbocycles. The molecule has 9 heteroatoms. The van der Waals surface area contributed by atoms with Crippen LogP contribution in [0, 0.1) is 4.51 Å². The van der Waals surface area contributed by atoms with Crippen LogP contribution >= 0.6 is 23.8 Å². The van der Waals surface area contributed by atoms with Crippen molar-refractivity contribution >= 4 is 41.6 Å². The van der Waals surface area contributed by atoms with Crippen molar-refractivity contribution in [3.8, 4) is 5.88 Å². The first-order chi connectivity index (χ1) is 14.5. The Kier molecular flexibility index (Phi) is 8.99. The number of anilines is 1. The van der Waals surface area contributed by atoms with Gasteiger partial charge in [-0.15, -0.1) is 5.10 Å². The van der Waals surface area contributed by atoms with E-state index in [-0.39, 0.29) is 12.5 Å². The van der Waals surface area contributed by atoms with Crippen molar-refractivity contribution in [1.29, 1.82) is 0 Å². The molecule has 30 heavy (non-hydrogen) atoms. The van der Waals surface area contributed by atoms with E-state index in [1.165, 1.54) is 0 Å². The third kappa shape index (κ3) is 6.40. The number of nitrogens with zero attached hydrogens (tertiary/aromatic N) is 2. The SMILES string of the molecule is C=Cc1c(NC)[nH]nc(OCc2ccnc(C(=O)NC)c2)c1=S.Clc1ccccc1. The van der Waals surface area contributed by atoms with E-state index in [1.54, 1.807) is 38.5 Å². The molecule has 0 aliphatic heterocycles. The molecule has 3 rings (SSSR count). The van der Waals surface area contributed by atoms with Gasteiger partial charge in [-0.2, -0.15) is 0 Å². The Morgan fingerprint density at radius 1 is 1.30 bits per heavy atom. The Bertz CT molecular complexity index is 1060. The maximum absolute atomic E-state index is 11.6. The molecule has 156 valence electrons. The van der Waals surface area contributed by atoms with Crippen LogP contribution in [0.15, 0.2) is 55.2 Å². The number of H-pyrrole nitrogens is 1. The molecule has 0 saturated heterocycles. The smallest absolute Gasteiger partial charge is 0.269 e. The van der Waals surface area contributed by atoms with Crippen LogP contribution in [0.4, 0.5) is 5.82 Å². The molecular weight excluding hydrogens is 422 g/mol. The van der Waals surface area contributed by atoms with E-state index >= 15 is 0 Å². The van der Waals surface area contributed by atoms with E-state index < -0.39 is 0 Å². The lowest BCUT2D eigenvalue weighted by atomic mass is 10.2. The van der Waals surface area contributed by atoms with Gasteiger partial charge in [0.2, 0.25) is 0 Å². The summed E-state index contributed by atoms with van der Waals surface area (Å²) in [6.07, 6.45) is 3.19. The van der Waals surface area contributed by atoms with Gasteiger partial charge in [0, 0.05) is 30.9 Å². The van der Waals surface area contributed by atoms with Crippen molar-refractivity contribution in [3.63, 3.8) is 0 Å². The number of nitrogens with one attached hydrogen (secondary N) is 3. The Hall–Kier alpha value is -3.23. The number of carbonyl (C=O) groups is 1. The minimum absolute atomic E-state index is 0.215. The average Bonchev–Trinajstić information content (AvgIpc) is 2.78. The Labute approximate surface area is 185 Å². The van der Waals surface area contributed by atoms with Gasteiger partial charge in [0.25, 0.3) is 11.8 Å². The van der Waals surface area contributed by atoms with Crippen LogP contribution in [-0.2, 0) is 6.61 Å². The van der Waals surface area contributed by atoms with Crippen molar-refractivity contribution < 1.29 is 9.53 Å². The maximum atomic E-state index is 11.6. The van der Waals surface area contributed by atoms with Crippen LogP contribution in [0.25, 0.3) is 6.08 Å². The highest BCUT2D eigenvalue weighted by Crippen LogP contribution is 2.21. The minimum atomic E-state index is -0.255. The van der Waals surface area contributed by atoms with Crippen molar-refractivity contribution in [2.75, 3.05) is 19.4 Å². The predicted molar refractivity (Wildman–Crippen MR) is 122 cm³/mol. The predicted octanol–water partition coefficient (Wildman–Crippen LogP) is 4.50. The molecule has 0 unspecified atom stereocenters. The highest BCUT2D eigenvalue weighted by Gasteiger charge is 2.09. The van der Waals surface area contributed by atoms with E-state index in [1.807, 2.05) is 30.3 Å². The lowest BCUT2D eigenvalue weighted by Gasteiger charge is -2.10. The van der Waals surface area contributed by atoms with Gasteiger partial charge in [-0.25, -0.2) is 0 Å². The summed E-state index contributed by atoms with van der Waals surface area (Å²) in [4.78, 5) is 15.6. The van der Waals surface area contributed by atoms with E-state index in [0.29, 0.717) is 27.5 Å². The van der Waals surface area contributed by atoms with Crippen LogP contribution in [0.2, 0.25) is 5.02 Å². The zero-order chi connectivity index (χ0) is 21.9. The number of hydrogen-bond donors (Lipinski definition) is 3. The number of carbonyl (C=O) groups excluding carboxylic acids is 1. The van der Waals surface area contributed by atoms with Crippen LogP contribution in [0.5, 0.6) is 5.88 Å². The number of halogens is 1. The fraction of sp³-hybridized carbons (Fsp3) is 0.143. The second-order valence-corrected chi connectivity index (χ2v) is 6.66. The first kappa shape index (κ1) is 23.1. The molecule has 7 nitrogen and oxygen atoms in total. The van der Waals surface area contributed by atoms with E-state index in [2.05, 4.69) is 32.4 Å². The number of pyridine rings is 1. The largest absolute Gasteiger partial charge is 0.471 e. The molecule has 0 spiro atoms. The monoisotopic (exact) mass is 443 g/mol. The number of hydrogen-bond acceptors (Lipinski definition) is 6. The zero-order valence-corrected chi connectivity index (χ0v) is 18.2. The van der Waals surface area contributed by atoms with Crippen molar-refractivity contribution in [2.24, 2.45) is 0 Å². The molecule has 1 amide bonds. The first-order valence-corrected chi connectivity index (χ1v) is 9.72. The summed E-state index contributed by atoms with van der Waals surface area (Å²) in [5, 5.41) is 13.2. The molecule has 3 N–H and O–H groups in total. The van der Waals surface area contributed by atoms with Gasteiger partial charge in [-0.1, -0.05) is 54.7 Å². The number of ether oxygens (including phenoxy) is 1. The Balaban J connectivity index is 0.000000386. The van der Waals surface area contributed by atoms with Gasteiger partial charge in [0.1, 0.15) is 22.6 Å². The standard InChI is InChI=1S/C15H17N5O2S.C6H5Cl/c1-4-10-12(23)15(20-19-13(10)16-2)22-8-9-5-6-18-11(7-9)14(21)17-3;7-6-4-2-1-3-5-6/h4-7H,1,8H2,2-3H3,(H,17,21)(H2,16,19,23);1-5H. The molecule has 0 aliphatic rings. The van der Waals surface area contributed by atoms with Crippen LogP contribution in [-0.4, -0.2) is 35.2 Å². The molecule has 0 atom stereocenters. The molecular formula is C21H22ClN5O2S. The van der Waals surface area contributed by atoms with Gasteiger partial charge in [-0.3, -0.25) is 14.9 Å². The van der Waals surface area contributed by atoms with E-state index in [4.69, 9.17) is 28.6 Å². The summed E-state index contributed by atoms with van der Waals surface area (Å²) in [5.74, 6) is 0.713. The highest BCUT2D eigenvalue weighted by atomic mass is 35.5. The number of rotatable bonds is 6. The minimum Gasteiger partial charge on any atom is -0.471 e. The topological polar surface area (TPSA) is 91.9 Å². The quantitative estimate of drug-likeness (QED) is 0.486. The normalized spacial score (nSPS) is 9.70. The molecule has 1 aromatic carbocycles. The van der Waals surface area contributed by atoms with Crippen LogP contribution in [0.1, 0.15) is 21.6 Å². The number of aromatic amines is 1. The maximum Gasteiger partial charge on any atom is 0.269 e. The van der Waals surface area contributed by atoms with Crippen LogP contribution < -0.4 is 15.4 Å². The fourth-order valence-electron chi connectivity index (χ4n) is 2.31. The van der Waals surface area contributed by atoms with Crippen LogP contribution in [0.3, 0.4) is 0 Å². The summed E-state index contributed by atoms with van der Waals surface area (Å²) in [6.45, 7) is 3.95. The zero-order valence-electron chi connectivity index (χ0n) is 16.6. The summed E-state index contributed by atoms with van der Waals surface area (Å²) in [7, 11) is 3.31. The van der Waals surface area contributed by atoms with E-state index in [9.17, 15) is 4.79 Å². The number of amides is 1. The first-order valence-electron chi connectivity index (χ1n) is 8.93. The third-order valence-electron chi connectivity index (χ3n) is 3.82. The van der Waals surface area contributed by atoms with Gasteiger partial charge < -0.3 is 15.4 Å². The molecule has 0 saturated carbocycles. The number of aromatic nitrogens is 3. The Morgan fingerprint density at radius 2 is 2.03 bits per heavy atom. The van der Waals surface area contributed by atoms with Gasteiger partial charge >= 0.3 is 0 Å². The van der Waals surface area contributed by atoms with Crippen molar-refractivity contribution in [1.82, 2.24) is 20.5 Å². The summed E-state index contributed by atoms with van der Waals surface area (Å²) >= 11 is 10.9. The molecule has 0 radical (unpaired) electrons. The molecule has 3 aromatic rings. The summed E-state index contributed by atoms with van der Waals surface area (Å²) < 4.78 is 6.11. The summed E-state index contributed by atoms with van der Waals surface area (Å²) in [5.41, 5.74) is 1.82. The fourth-order valence-corrected chi connectivity index (χ4v) is 2.75. The molecule has 2 heterocycles. The van der Waals surface area contributed by atoms with Gasteiger partial charge in [0.15, 0.2) is 0 Å². The third-order valence-corrected chi connectivity index (χ3v) is 4.47.